The highest BCUT2D eigenvalue weighted by molar-refractivity contribution is 5.14. The third-order valence-electron chi connectivity index (χ3n) is 3.44. The minimum absolute atomic E-state index is 0.257. The van der Waals surface area contributed by atoms with Crippen molar-refractivity contribution in [2.24, 2.45) is 5.73 Å². The molecule has 14 heavy (non-hydrogen) atoms. The second-order valence-corrected chi connectivity index (χ2v) is 4.72. The Hall–Kier alpha value is -0.830. The third-order valence-corrected chi connectivity index (χ3v) is 3.44. The average molecular weight is 192 g/mol. The number of hydrogen-bond donors (Lipinski definition) is 1. The predicted molar refractivity (Wildman–Crippen MR) is 52.8 cm³/mol. The topological polar surface area (TPSA) is 52.0 Å². The molecule has 0 amide bonds. The normalized spacial score (nSPS) is 25.5. The molecule has 1 aromatic rings. The van der Waals surface area contributed by atoms with Crippen molar-refractivity contribution < 1.29 is 4.42 Å². The molecule has 2 aliphatic carbocycles. The van der Waals surface area contributed by atoms with Crippen LogP contribution in [-0.2, 0) is 5.54 Å². The molecular weight excluding hydrogens is 176 g/mol. The first kappa shape index (κ1) is 8.48. The lowest BCUT2D eigenvalue weighted by molar-refractivity contribution is 0.335. The van der Waals surface area contributed by atoms with Gasteiger partial charge in [-0.25, -0.2) is 4.98 Å². The molecule has 1 heterocycles. The van der Waals surface area contributed by atoms with Crippen LogP contribution in [0.1, 0.15) is 56.0 Å². The molecule has 0 atom stereocenters. The van der Waals surface area contributed by atoms with Crippen LogP contribution in [0, 0.1) is 0 Å². The van der Waals surface area contributed by atoms with Gasteiger partial charge in [0.1, 0.15) is 6.26 Å². The summed E-state index contributed by atoms with van der Waals surface area (Å²) < 4.78 is 5.52. The third kappa shape index (κ3) is 1.27. The quantitative estimate of drug-likeness (QED) is 0.782. The maximum atomic E-state index is 6.26. The second-order valence-electron chi connectivity index (χ2n) is 4.72. The summed E-state index contributed by atoms with van der Waals surface area (Å²) in [5, 5.41) is 0. The summed E-state index contributed by atoms with van der Waals surface area (Å²) in [5.41, 5.74) is 7.12. The molecule has 0 saturated heterocycles. The van der Waals surface area contributed by atoms with Crippen LogP contribution in [0.25, 0.3) is 0 Å². The molecule has 3 heteroatoms. The zero-order valence-corrected chi connectivity index (χ0v) is 8.33. The Bertz CT molecular complexity index is 335. The summed E-state index contributed by atoms with van der Waals surface area (Å²) in [6.45, 7) is 0. The summed E-state index contributed by atoms with van der Waals surface area (Å²) in [7, 11) is 0. The Morgan fingerprint density at radius 3 is 2.71 bits per heavy atom. The molecule has 2 N–H and O–H groups in total. The van der Waals surface area contributed by atoms with E-state index in [1.165, 1.54) is 25.7 Å². The van der Waals surface area contributed by atoms with Crippen molar-refractivity contribution in [3.8, 4) is 0 Å². The molecule has 2 saturated carbocycles. The van der Waals surface area contributed by atoms with Gasteiger partial charge in [-0.15, -0.1) is 0 Å². The maximum absolute atomic E-state index is 6.26. The van der Waals surface area contributed by atoms with Crippen LogP contribution < -0.4 is 5.73 Å². The van der Waals surface area contributed by atoms with Crippen LogP contribution in [0.3, 0.4) is 0 Å². The van der Waals surface area contributed by atoms with Crippen molar-refractivity contribution >= 4 is 0 Å². The van der Waals surface area contributed by atoms with E-state index in [1.54, 1.807) is 6.26 Å². The van der Waals surface area contributed by atoms with Gasteiger partial charge in [0.15, 0.2) is 0 Å². The SMILES string of the molecule is NC1(c2nc(C3CC3)co2)CCCC1. The summed E-state index contributed by atoms with van der Waals surface area (Å²) in [4.78, 5) is 4.53. The van der Waals surface area contributed by atoms with Gasteiger partial charge in [-0.2, -0.15) is 0 Å². The molecule has 2 aliphatic rings. The standard InChI is InChI=1S/C11H16N2O/c12-11(5-1-2-6-11)10-13-9(7-14-10)8-3-4-8/h7-8H,1-6,12H2. The average Bonchev–Trinajstić information content (AvgIpc) is 2.75. The molecule has 0 aromatic carbocycles. The zero-order chi connectivity index (χ0) is 9.60. The van der Waals surface area contributed by atoms with Crippen LogP contribution >= 0.6 is 0 Å². The molecule has 76 valence electrons. The van der Waals surface area contributed by atoms with Crippen molar-refractivity contribution in [1.82, 2.24) is 4.98 Å². The van der Waals surface area contributed by atoms with E-state index < -0.39 is 0 Å². The Kier molecular flexibility index (Phi) is 1.71. The number of nitrogens with zero attached hydrogens (tertiary/aromatic N) is 1. The van der Waals surface area contributed by atoms with E-state index in [0.29, 0.717) is 5.92 Å². The second kappa shape index (κ2) is 2.83. The van der Waals surface area contributed by atoms with Gasteiger partial charge in [0.25, 0.3) is 0 Å². The summed E-state index contributed by atoms with van der Waals surface area (Å²) >= 11 is 0. The molecule has 3 rings (SSSR count). The fraction of sp³-hybridized carbons (Fsp3) is 0.727. The van der Waals surface area contributed by atoms with Gasteiger partial charge < -0.3 is 10.2 Å². The van der Waals surface area contributed by atoms with E-state index >= 15 is 0 Å². The lowest BCUT2D eigenvalue weighted by Gasteiger charge is -2.18. The molecular formula is C11H16N2O. The first-order valence-corrected chi connectivity index (χ1v) is 5.53. The minimum atomic E-state index is -0.257. The van der Waals surface area contributed by atoms with E-state index in [1.807, 2.05) is 0 Å². The number of aromatic nitrogens is 1. The van der Waals surface area contributed by atoms with Crippen LogP contribution in [0.5, 0.6) is 0 Å². The van der Waals surface area contributed by atoms with E-state index in [4.69, 9.17) is 10.2 Å². The molecule has 1 aromatic heterocycles. The predicted octanol–water partition coefficient (Wildman–Crippen LogP) is 2.28. The van der Waals surface area contributed by atoms with Gasteiger partial charge >= 0.3 is 0 Å². The van der Waals surface area contributed by atoms with E-state index in [9.17, 15) is 0 Å². The van der Waals surface area contributed by atoms with Gasteiger partial charge in [-0.05, 0) is 25.7 Å². The molecule has 0 radical (unpaired) electrons. The lowest BCUT2D eigenvalue weighted by atomic mass is 9.99. The summed E-state index contributed by atoms with van der Waals surface area (Å²) in [5.74, 6) is 1.44. The zero-order valence-electron chi connectivity index (χ0n) is 8.33. The summed E-state index contributed by atoms with van der Waals surface area (Å²) in [6.07, 6.45) is 8.80. The van der Waals surface area contributed by atoms with Crippen molar-refractivity contribution in [3.63, 3.8) is 0 Å². The van der Waals surface area contributed by atoms with E-state index in [0.717, 1.165) is 24.4 Å². The minimum Gasteiger partial charge on any atom is -0.447 e. The Labute approximate surface area is 83.7 Å². The number of hydrogen-bond acceptors (Lipinski definition) is 3. The van der Waals surface area contributed by atoms with Crippen molar-refractivity contribution in [2.75, 3.05) is 0 Å². The largest absolute Gasteiger partial charge is 0.447 e. The highest BCUT2D eigenvalue weighted by Gasteiger charge is 2.37. The number of rotatable bonds is 2. The van der Waals surface area contributed by atoms with Crippen molar-refractivity contribution in [1.29, 1.82) is 0 Å². The fourth-order valence-electron chi connectivity index (χ4n) is 2.30. The van der Waals surface area contributed by atoms with Gasteiger partial charge in [-0.3, -0.25) is 0 Å². The highest BCUT2D eigenvalue weighted by atomic mass is 16.3. The molecule has 0 spiro atoms. The van der Waals surface area contributed by atoms with Crippen molar-refractivity contribution in [3.05, 3.63) is 17.8 Å². The Morgan fingerprint density at radius 1 is 1.36 bits per heavy atom. The van der Waals surface area contributed by atoms with Gasteiger partial charge in [0.05, 0.1) is 11.2 Å². The monoisotopic (exact) mass is 192 g/mol. The first-order chi connectivity index (χ1) is 6.78. The van der Waals surface area contributed by atoms with Crippen LogP contribution in [0.15, 0.2) is 10.7 Å². The maximum Gasteiger partial charge on any atom is 0.214 e. The Balaban J connectivity index is 1.87. The molecule has 3 nitrogen and oxygen atoms in total. The lowest BCUT2D eigenvalue weighted by Crippen LogP contribution is -2.33. The smallest absolute Gasteiger partial charge is 0.214 e. The summed E-state index contributed by atoms with van der Waals surface area (Å²) in [6, 6.07) is 0. The molecule has 0 aliphatic heterocycles. The van der Waals surface area contributed by atoms with Crippen LogP contribution in [-0.4, -0.2) is 4.98 Å². The number of oxazole rings is 1. The molecule has 0 unspecified atom stereocenters. The van der Waals surface area contributed by atoms with Gasteiger partial charge in [0, 0.05) is 5.92 Å². The fourth-order valence-corrected chi connectivity index (χ4v) is 2.30. The van der Waals surface area contributed by atoms with Gasteiger partial charge in [-0.1, -0.05) is 12.8 Å². The molecule has 0 bridgehead atoms. The highest BCUT2D eigenvalue weighted by Crippen LogP contribution is 2.42. The van der Waals surface area contributed by atoms with Gasteiger partial charge in [0.2, 0.25) is 5.89 Å². The van der Waals surface area contributed by atoms with E-state index in [2.05, 4.69) is 4.98 Å². The van der Waals surface area contributed by atoms with E-state index in [-0.39, 0.29) is 5.54 Å². The number of nitrogens with two attached hydrogens (primary N) is 1. The Morgan fingerprint density at radius 2 is 2.07 bits per heavy atom. The first-order valence-electron chi connectivity index (χ1n) is 5.53. The molecule has 2 fully saturated rings. The van der Waals surface area contributed by atoms with Crippen LogP contribution in [0.4, 0.5) is 0 Å². The van der Waals surface area contributed by atoms with Crippen molar-refractivity contribution in [2.45, 2.75) is 50.0 Å². The van der Waals surface area contributed by atoms with Crippen LogP contribution in [0.2, 0.25) is 0 Å².